The number of hydrazine groups is 1. The fourth-order valence-corrected chi connectivity index (χ4v) is 2.80. The molecule has 3 unspecified atom stereocenters. The fourth-order valence-electron chi connectivity index (χ4n) is 2.80. The van der Waals surface area contributed by atoms with Crippen LogP contribution in [0.2, 0.25) is 0 Å². The van der Waals surface area contributed by atoms with Crippen LogP contribution in [-0.4, -0.2) is 30.9 Å². The van der Waals surface area contributed by atoms with Gasteiger partial charge in [0.1, 0.15) is 0 Å². The molecule has 2 saturated heterocycles. The van der Waals surface area contributed by atoms with Crippen LogP contribution in [0.4, 0.5) is 0 Å². The smallest absolute Gasteiger partial charge is 0.0781 e. The lowest BCUT2D eigenvalue weighted by atomic mass is 10.0. The van der Waals surface area contributed by atoms with E-state index in [1.807, 2.05) is 0 Å². The molecule has 0 aliphatic carbocycles. The van der Waals surface area contributed by atoms with Crippen molar-refractivity contribution < 1.29 is 4.84 Å². The molecule has 2 aliphatic heterocycles. The van der Waals surface area contributed by atoms with Crippen molar-refractivity contribution in [3.8, 4) is 0 Å². The van der Waals surface area contributed by atoms with Gasteiger partial charge < -0.3 is 0 Å². The number of hydrogen-bond acceptors (Lipinski definition) is 5. The van der Waals surface area contributed by atoms with Gasteiger partial charge in [0.15, 0.2) is 0 Å². The first kappa shape index (κ1) is 14.0. The number of rotatable bonds is 4. The van der Waals surface area contributed by atoms with Crippen LogP contribution in [0.5, 0.6) is 0 Å². The molecule has 20 heavy (non-hydrogen) atoms. The topological polar surface area (TPSA) is 48.6 Å². The van der Waals surface area contributed by atoms with Crippen LogP contribution >= 0.6 is 0 Å². The standard InChI is InChI=1S/C15H24N4O/c1-11-9-14(18-20-11)13-5-3-12(4-6-13)10-16-15-7-8-19(2)17-15/h3-6,11,14-18H,7-10H2,1-2H3. The summed E-state index contributed by atoms with van der Waals surface area (Å²) in [6.07, 6.45) is 2.88. The summed E-state index contributed by atoms with van der Waals surface area (Å²) in [5.41, 5.74) is 9.09. The van der Waals surface area contributed by atoms with Crippen molar-refractivity contribution >= 4 is 0 Å². The summed E-state index contributed by atoms with van der Waals surface area (Å²) in [4.78, 5) is 5.40. The Hall–Kier alpha value is -0.980. The molecule has 1 aromatic carbocycles. The van der Waals surface area contributed by atoms with Gasteiger partial charge in [-0.15, -0.1) is 0 Å². The van der Waals surface area contributed by atoms with E-state index in [9.17, 15) is 0 Å². The van der Waals surface area contributed by atoms with Crippen molar-refractivity contribution in [2.24, 2.45) is 0 Å². The third kappa shape index (κ3) is 3.37. The van der Waals surface area contributed by atoms with E-state index in [0.29, 0.717) is 18.3 Å². The second-order valence-corrected chi connectivity index (χ2v) is 5.85. The molecule has 0 spiro atoms. The van der Waals surface area contributed by atoms with Crippen LogP contribution in [0, 0.1) is 0 Å². The zero-order chi connectivity index (χ0) is 13.9. The van der Waals surface area contributed by atoms with Gasteiger partial charge >= 0.3 is 0 Å². The Labute approximate surface area is 120 Å². The number of hydroxylamine groups is 1. The number of nitrogens with zero attached hydrogens (tertiary/aromatic N) is 1. The van der Waals surface area contributed by atoms with Crippen LogP contribution in [-0.2, 0) is 11.4 Å². The Bertz CT molecular complexity index is 436. The first-order valence-corrected chi connectivity index (χ1v) is 7.41. The lowest BCUT2D eigenvalue weighted by Crippen LogP contribution is -2.41. The highest BCUT2D eigenvalue weighted by atomic mass is 16.7. The van der Waals surface area contributed by atoms with Crippen LogP contribution in [0.1, 0.15) is 36.9 Å². The molecule has 0 aromatic heterocycles. The molecule has 110 valence electrons. The Balaban J connectivity index is 1.51. The summed E-state index contributed by atoms with van der Waals surface area (Å²) in [6.45, 7) is 4.09. The van der Waals surface area contributed by atoms with Gasteiger partial charge in [0, 0.05) is 20.1 Å². The largest absolute Gasteiger partial charge is 0.298 e. The maximum Gasteiger partial charge on any atom is 0.0781 e. The summed E-state index contributed by atoms with van der Waals surface area (Å²) in [7, 11) is 2.08. The van der Waals surface area contributed by atoms with Gasteiger partial charge in [-0.25, -0.2) is 10.4 Å². The minimum Gasteiger partial charge on any atom is -0.298 e. The molecule has 2 aliphatic rings. The lowest BCUT2D eigenvalue weighted by molar-refractivity contribution is 0.0364. The average molecular weight is 276 g/mol. The van der Waals surface area contributed by atoms with Gasteiger partial charge in [0.25, 0.3) is 0 Å². The van der Waals surface area contributed by atoms with E-state index in [2.05, 4.69) is 59.5 Å². The van der Waals surface area contributed by atoms with Crippen LogP contribution in [0.15, 0.2) is 24.3 Å². The minimum absolute atomic E-state index is 0.298. The van der Waals surface area contributed by atoms with Crippen molar-refractivity contribution in [2.75, 3.05) is 13.6 Å². The summed E-state index contributed by atoms with van der Waals surface area (Å²) in [5.74, 6) is 0. The predicted octanol–water partition coefficient (Wildman–Crippen LogP) is 1.30. The Morgan fingerprint density at radius 2 is 2.15 bits per heavy atom. The van der Waals surface area contributed by atoms with Crippen molar-refractivity contribution in [1.82, 2.24) is 21.2 Å². The van der Waals surface area contributed by atoms with E-state index in [-0.39, 0.29) is 0 Å². The van der Waals surface area contributed by atoms with E-state index >= 15 is 0 Å². The zero-order valence-electron chi connectivity index (χ0n) is 12.2. The fraction of sp³-hybridized carbons (Fsp3) is 0.600. The number of benzene rings is 1. The van der Waals surface area contributed by atoms with Crippen molar-refractivity contribution in [3.05, 3.63) is 35.4 Å². The highest BCUT2D eigenvalue weighted by molar-refractivity contribution is 5.25. The van der Waals surface area contributed by atoms with Gasteiger partial charge in [-0.2, -0.15) is 5.48 Å². The third-order valence-corrected chi connectivity index (χ3v) is 4.04. The minimum atomic E-state index is 0.298. The monoisotopic (exact) mass is 276 g/mol. The van der Waals surface area contributed by atoms with Crippen LogP contribution in [0.25, 0.3) is 0 Å². The summed E-state index contributed by atoms with van der Waals surface area (Å²) < 4.78 is 0. The maximum absolute atomic E-state index is 5.40. The molecular weight excluding hydrogens is 252 g/mol. The maximum atomic E-state index is 5.40. The van der Waals surface area contributed by atoms with E-state index in [1.165, 1.54) is 11.1 Å². The molecule has 3 rings (SSSR count). The highest BCUT2D eigenvalue weighted by Gasteiger charge is 2.23. The zero-order valence-corrected chi connectivity index (χ0v) is 12.2. The molecular formula is C15H24N4O. The second-order valence-electron chi connectivity index (χ2n) is 5.85. The summed E-state index contributed by atoms with van der Waals surface area (Å²) in [6, 6.07) is 9.13. The molecule has 0 radical (unpaired) electrons. The average Bonchev–Trinajstić information content (AvgIpc) is 3.06. The molecule has 3 atom stereocenters. The lowest BCUT2D eigenvalue weighted by Gasteiger charge is -2.15. The third-order valence-electron chi connectivity index (χ3n) is 4.04. The van der Waals surface area contributed by atoms with Crippen molar-refractivity contribution in [3.63, 3.8) is 0 Å². The molecule has 5 nitrogen and oxygen atoms in total. The Kier molecular flexibility index (Phi) is 4.33. The molecule has 1 aromatic rings. The van der Waals surface area contributed by atoms with Gasteiger partial charge in [-0.05, 0) is 30.9 Å². The van der Waals surface area contributed by atoms with Gasteiger partial charge in [0.05, 0.1) is 18.3 Å². The van der Waals surface area contributed by atoms with E-state index in [0.717, 1.165) is 25.9 Å². The van der Waals surface area contributed by atoms with Gasteiger partial charge in [-0.1, -0.05) is 24.3 Å². The second kappa shape index (κ2) is 6.20. The molecule has 5 heteroatoms. The molecule has 0 amide bonds. The van der Waals surface area contributed by atoms with E-state index in [1.54, 1.807) is 0 Å². The highest BCUT2D eigenvalue weighted by Crippen LogP contribution is 2.25. The van der Waals surface area contributed by atoms with Crippen molar-refractivity contribution in [2.45, 2.75) is 44.6 Å². The summed E-state index contributed by atoms with van der Waals surface area (Å²) >= 11 is 0. The normalized spacial score (nSPS) is 31.0. The van der Waals surface area contributed by atoms with E-state index in [4.69, 9.17) is 4.84 Å². The van der Waals surface area contributed by atoms with E-state index < -0.39 is 0 Å². The van der Waals surface area contributed by atoms with Crippen LogP contribution < -0.4 is 16.2 Å². The molecule has 2 fully saturated rings. The van der Waals surface area contributed by atoms with Gasteiger partial charge in [-0.3, -0.25) is 10.2 Å². The summed E-state index contributed by atoms with van der Waals surface area (Å²) in [5, 5.41) is 5.66. The number of hydrogen-bond donors (Lipinski definition) is 3. The Morgan fingerprint density at radius 3 is 2.75 bits per heavy atom. The Morgan fingerprint density at radius 1 is 1.35 bits per heavy atom. The molecule has 3 N–H and O–H groups in total. The molecule has 2 heterocycles. The SMILES string of the molecule is CC1CC(c2ccc(CNC3CCN(C)N3)cc2)NO1. The molecule has 0 saturated carbocycles. The first-order valence-electron chi connectivity index (χ1n) is 7.41. The van der Waals surface area contributed by atoms with Gasteiger partial charge in [0.2, 0.25) is 0 Å². The first-order chi connectivity index (χ1) is 9.70. The quantitative estimate of drug-likeness (QED) is 0.774. The van der Waals surface area contributed by atoms with Crippen molar-refractivity contribution in [1.29, 1.82) is 0 Å². The van der Waals surface area contributed by atoms with Crippen LogP contribution in [0.3, 0.4) is 0 Å². The number of nitrogens with one attached hydrogen (secondary N) is 3. The predicted molar refractivity (Wildman–Crippen MR) is 78.5 cm³/mol. The molecule has 0 bridgehead atoms.